The van der Waals surface area contributed by atoms with Crippen molar-refractivity contribution in [2.45, 2.75) is 18.7 Å². The average Bonchev–Trinajstić information content (AvgIpc) is 3.43. The molecule has 0 bridgehead atoms. The summed E-state index contributed by atoms with van der Waals surface area (Å²) >= 11 is 0. The molecule has 2 heterocycles. The Hall–Kier alpha value is -5.91. The van der Waals surface area contributed by atoms with E-state index in [1.54, 1.807) is 42.5 Å². The summed E-state index contributed by atoms with van der Waals surface area (Å²) in [6.07, 6.45) is -4.63. The highest BCUT2D eigenvalue weighted by Crippen LogP contribution is 2.41. The summed E-state index contributed by atoms with van der Waals surface area (Å²) in [5.41, 5.74) is 1.81. The van der Waals surface area contributed by atoms with Crippen LogP contribution in [0.3, 0.4) is 0 Å². The maximum atomic E-state index is 13.6. The van der Waals surface area contributed by atoms with E-state index >= 15 is 0 Å². The van der Waals surface area contributed by atoms with Gasteiger partial charge in [0.25, 0.3) is 5.91 Å². The van der Waals surface area contributed by atoms with Crippen molar-refractivity contribution in [3.05, 3.63) is 129 Å². The first-order valence-corrected chi connectivity index (χ1v) is 14.8. The van der Waals surface area contributed by atoms with Gasteiger partial charge in [-0.2, -0.15) is 0 Å². The predicted octanol–water partition coefficient (Wildman–Crippen LogP) is 7.05. The second-order valence-corrected chi connectivity index (χ2v) is 10.8. The predicted molar refractivity (Wildman–Crippen MR) is 172 cm³/mol. The van der Waals surface area contributed by atoms with Gasteiger partial charge >= 0.3 is 12.0 Å². The van der Waals surface area contributed by atoms with E-state index in [1.807, 2.05) is 24.3 Å². The van der Waals surface area contributed by atoms with Crippen LogP contribution >= 0.6 is 0 Å². The van der Waals surface area contributed by atoms with E-state index in [2.05, 4.69) is 15.0 Å². The fraction of sp³-hybridized carbons (Fsp3) is 0.167. The number of carbonyl (C=O) groups excluding carboxylic acids is 1. The van der Waals surface area contributed by atoms with Gasteiger partial charge in [-0.25, -0.2) is 4.79 Å². The minimum atomic E-state index is -4.90. The largest absolute Gasteiger partial charge is 0.573 e. The number of amides is 1. The molecule has 12 heteroatoms. The van der Waals surface area contributed by atoms with E-state index in [-0.39, 0.29) is 41.2 Å². The number of aromatic hydroxyl groups is 1. The van der Waals surface area contributed by atoms with Gasteiger partial charge in [-0.3, -0.25) is 4.79 Å². The number of fused-ring (bicyclic) bond motifs is 2. The first kappa shape index (κ1) is 32.0. The molecule has 0 aliphatic carbocycles. The monoisotopic (exact) mass is 658 g/mol. The lowest BCUT2D eigenvalue weighted by Crippen LogP contribution is -2.26. The summed E-state index contributed by atoms with van der Waals surface area (Å²) in [6, 6.07) is 23.8. The lowest BCUT2D eigenvalue weighted by molar-refractivity contribution is -0.274. The van der Waals surface area contributed by atoms with Gasteiger partial charge in [0.1, 0.15) is 28.6 Å². The molecular weight excluding hydrogens is 629 g/mol. The van der Waals surface area contributed by atoms with Gasteiger partial charge in [-0.1, -0.05) is 42.5 Å². The second kappa shape index (κ2) is 13.1. The quantitative estimate of drug-likeness (QED) is 0.135. The number of alkyl halides is 3. The highest BCUT2D eigenvalue weighted by molar-refractivity contribution is 5.97. The number of hydrogen-bond donors (Lipinski definition) is 3. The molecule has 0 radical (unpaired) electrons. The molecule has 6 rings (SSSR count). The molecular formula is C36H29F3N2O7. The Balaban J connectivity index is 1.44. The molecule has 1 amide bonds. The van der Waals surface area contributed by atoms with Crippen LogP contribution in [0.1, 0.15) is 38.7 Å². The molecule has 0 saturated heterocycles. The van der Waals surface area contributed by atoms with Crippen molar-refractivity contribution in [1.29, 1.82) is 0 Å². The molecule has 0 fully saturated rings. The lowest BCUT2D eigenvalue weighted by Gasteiger charge is -2.20. The van der Waals surface area contributed by atoms with E-state index < -0.39 is 23.7 Å². The Bertz CT molecular complexity index is 2170. The van der Waals surface area contributed by atoms with Crippen molar-refractivity contribution in [2.24, 2.45) is 0 Å². The topological polar surface area (TPSA) is 123 Å². The van der Waals surface area contributed by atoms with Gasteiger partial charge in [0.15, 0.2) is 0 Å². The summed E-state index contributed by atoms with van der Waals surface area (Å²) in [6.45, 7) is 0.159. The maximum absolute atomic E-state index is 13.6. The van der Waals surface area contributed by atoms with Crippen LogP contribution in [0.15, 0.2) is 100 Å². The number of nitrogens with one attached hydrogen (secondary N) is 2. The molecule has 0 aliphatic rings. The number of rotatable bonds is 10. The highest BCUT2D eigenvalue weighted by Gasteiger charge is 2.33. The molecule has 1 unspecified atom stereocenters. The fourth-order valence-electron chi connectivity index (χ4n) is 5.86. The van der Waals surface area contributed by atoms with Crippen molar-refractivity contribution in [2.75, 3.05) is 20.8 Å². The van der Waals surface area contributed by atoms with Crippen molar-refractivity contribution in [1.82, 2.24) is 10.3 Å². The van der Waals surface area contributed by atoms with Crippen LogP contribution in [0.25, 0.3) is 21.9 Å². The number of para-hydroxylation sites is 2. The molecule has 1 atom stereocenters. The maximum Gasteiger partial charge on any atom is 0.573 e. The van der Waals surface area contributed by atoms with Gasteiger partial charge in [0.05, 0.1) is 36.7 Å². The lowest BCUT2D eigenvalue weighted by atomic mass is 9.85. The Morgan fingerprint density at radius 2 is 1.60 bits per heavy atom. The molecule has 0 aliphatic heterocycles. The fourth-order valence-corrected chi connectivity index (χ4v) is 5.86. The SMILES string of the molecule is COc1ccc(C(=O)NCCc2c(C(c3ccc(OC(F)(F)F)cc3)c3c(O)c4ccccc4oc3=O)[nH]c3ccccc23)c(OC)c1. The van der Waals surface area contributed by atoms with Crippen molar-refractivity contribution < 1.29 is 41.7 Å². The minimum Gasteiger partial charge on any atom is -0.507 e. The molecule has 246 valence electrons. The molecule has 2 aromatic heterocycles. The molecule has 9 nitrogen and oxygen atoms in total. The Kier molecular flexibility index (Phi) is 8.72. The molecule has 6 aromatic rings. The van der Waals surface area contributed by atoms with E-state index in [0.29, 0.717) is 39.4 Å². The van der Waals surface area contributed by atoms with E-state index in [0.717, 1.165) is 17.5 Å². The standard InChI is InChI=1S/C36H29F3N2O7/c1-45-22-15-16-26(29(19-22)46-2)34(43)40-18-17-24-23-7-3-5-9-27(23)41-32(24)30(20-11-13-21(14-12-20)48-36(37,38)39)31-33(42)25-8-4-6-10-28(25)47-35(31)44/h3-16,19,30,41-42H,17-18H2,1-2H3,(H,40,43). The summed E-state index contributed by atoms with van der Waals surface area (Å²) in [5.74, 6) is -1.33. The third-order valence-electron chi connectivity index (χ3n) is 8.00. The summed E-state index contributed by atoms with van der Waals surface area (Å²) in [5, 5.41) is 15.5. The van der Waals surface area contributed by atoms with Crippen LogP contribution in [0.5, 0.6) is 23.0 Å². The van der Waals surface area contributed by atoms with Crippen LogP contribution in [0.2, 0.25) is 0 Å². The number of carbonyl (C=O) groups is 1. The van der Waals surface area contributed by atoms with E-state index in [9.17, 15) is 27.9 Å². The Morgan fingerprint density at radius 3 is 2.31 bits per heavy atom. The van der Waals surface area contributed by atoms with Gasteiger partial charge < -0.3 is 34.0 Å². The summed E-state index contributed by atoms with van der Waals surface area (Å²) in [7, 11) is 2.96. The number of aromatic amines is 1. The van der Waals surface area contributed by atoms with Gasteiger partial charge in [-0.15, -0.1) is 13.2 Å². The van der Waals surface area contributed by atoms with E-state index in [1.165, 1.54) is 26.4 Å². The number of benzene rings is 4. The highest BCUT2D eigenvalue weighted by atomic mass is 19.4. The average molecular weight is 659 g/mol. The van der Waals surface area contributed by atoms with Crippen LogP contribution in [0.4, 0.5) is 13.2 Å². The normalized spacial score (nSPS) is 12.2. The Labute approximate surface area is 271 Å². The smallest absolute Gasteiger partial charge is 0.507 e. The van der Waals surface area contributed by atoms with Gasteiger partial charge in [0, 0.05) is 29.2 Å². The van der Waals surface area contributed by atoms with Crippen LogP contribution in [0, 0.1) is 0 Å². The number of methoxy groups -OCH3 is 2. The molecule has 48 heavy (non-hydrogen) atoms. The first-order chi connectivity index (χ1) is 23.1. The summed E-state index contributed by atoms with van der Waals surface area (Å²) in [4.78, 5) is 30.2. The third kappa shape index (κ3) is 6.37. The number of halogens is 3. The van der Waals surface area contributed by atoms with Crippen LogP contribution < -0.4 is 25.2 Å². The van der Waals surface area contributed by atoms with Crippen molar-refractivity contribution in [3.63, 3.8) is 0 Å². The molecule has 4 aromatic carbocycles. The second-order valence-electron chi connectivity index (χ2n) is 10.8. The number of H-pyrrole nitrogens is 1. The van der Waals surface area contributed by atoms with Crippen molar-refractivity contribution >= 4 is 27.8 Å². The number of ether oxygens (including phenoxy) is 3. The Morgan fingerprint density at radius 1 is 0.917 bits per heavy atom. The molecule has 0 saturated carbocycles. The minimum absolute atomic E-state index is 0.113. The zero-order chi connectivity index (χ0) is 34.0. The number of hydrogen-bond acceptors (Lipinski definition) is 7. The number of aromatic nitrogens is 1. The third-order valence-corrected chi connectivity index (χ3v) is 8.00. The zero-order valence-electron chi connectivity index (χ0n) is 25.7. The summed E-state index contributed by atoms with van der Waals surface area (Å²) < 4.78 is 59.2. The molecule has 0 spiro atoms. The van der Waals surface area contributed by atoms with Crippen molar-refractivity contribution in [3.8, 4) is 23.0 Å². The van der Waals surface area contributed by atoms with E-state index in [4.69, 9.17) is 13.9 Å². The van der Waals surface area contributed by atoms with Gasteiger partial charge in [-0.05, 0) is 60.0 Å². The van der Waals surface area contributed by atoms with Gasteiger partial charge in [0.2, 0.25) is 0 Å². The first-order valence-electron chi connectivity index (χ1n) is 14.8. The zero-order valence-corrected chi connectivity index (χ0v) is 25.7. The van der Waals surface area contributed by atoms with Crippen LogP contribution in [-0.2, 0) is 6.42 Å². The molecule has 3 N–H and O–H groups in total. The van der Waals surface area contributed by atoms with Crippen LogP contribution in [-0.4, -0.2) is 43.1 Å².